The summed E-state index contributed by atoms with van der Waals surface area (Å²) in [6.45, 7) is 3.96. The zero-order valence-electron chi connectivity index (χ0n) is 16.1. The second kappa shape index (κ2) is 6.34. The number of para-hydroxylation sites is 1. The van der Waals surface area contributed by atoms with E-state index >= 15 is 0 Å². The zero-order chi connectivity index (χ0) is 21.2. The first-order valence-electron chi connectivity index (χ1n) is 9.29. The summed E-state index contributed by atoms with van der Waals surface area (Å²) in [4.78, 5) is 25.9. The fraction of sp³-hybridized carbons (Fsp3) is 0.130. The number of halogens is 1. The van der Waals surface area contributed by atoms with Crippen molar-refractivity contribution < 1.29 is 13.9 Å². The number of rotatable bonds is 2. The summed E-state index contributed by atoms with van der Waals surface area (Å²) in [7, 11) is 0. The molecule has 0 atom stereocenters. The molecule has 0 fully saturated rings. The van der Waals surface area contributed by atoms with Gasteiger partial charge in [-0.3, -0.25) is 9.36 Å². The molecule has 0 unspecified atom stereocenters. The van der Waals surface area contributed by atoms with Crippen molar-refractivity contribution >= 4 is 22.7 Å². The summed E-state index contributed by atoms with van der Waals surface area (Å²) in [5.74, 6) is -1.04. The first-order valence-corrected chi connectivity index (χ1v) is 10.1. The molecule has 5 rings (SSSR count). The molecule has 3 heterocycles. The van der Waals surface area contributed by atoms with Gasteiger partial charge in [-0.25, -0.2) is 9.18 Å². The van der Waals surface area contributed by atoms with Crippen LogP contribution in [-0.4, -0.2) is 9.67 Å². The van der Waals surface area contributed by atoms with Crippen molar-refractivity contribution in [3.8, 4) is 11.4 Å². The fourth-order valence-electron chi connectivity index (χ4n) is 4.00. The molecule has 0 amide bonds. The highest BCUT2D eigenvalue weighted by Crippen LogP contribution is 2.43. The quantitative estimate of drug-likeness (QED) is 0.513. The van der Waals surface area contributed by atoms with Gasteiger partial charge in [0.1, 0.15) is 21.7 Å². The van der Waals surface area contributed by atoms with Gasteiger partial charge in [0, 0.05) is 22.1 Å². The number of hydrogen-bond acceptors (Lipinski definition) is 5. The van der Waals surface area contributed by atoms with Crippen LogP contribution < -0.4 is 11.2 Å². The van der Waals surface area contributed by atoms with Crippen molar-refractivity contribution in [2.45, 2.75) is 29.1 Å². The Labute approximate surface area is 174 Å². The first kappa shape index (κ1) is 18.7. The van der Waals surface area contributed by atoms with Gasteiger partial charge in [-0.05, 0) is 23.8 Å². The Morgan fingerprint density at radius 3 is 2.53 bits per heavy atom. The van der Waals surface area contributed by atoms with Crippen LogP contribution in [0.15, 0.2) is 78.4 Å². The second-order valence-corrected chi connectivity index (χ2v) is 8.70. The lowest BCUT2D eigenvalue weighted by molar-refractivity contribution is 0.445. The third-order valence-corrected chi connectivity index (χ3v) is 6.63. The van der Waals surface area contributed by atoms with Crippen LogP contribution in [0.5, 0.6) is 5.75 Å². The van der Waals surface area contributed by atoms with Gasteiger partial charge in [0.2, 0.25) is 0 Å². The molecule has 2 aromatic carbocycles. The minimum absolute atomic E-state index is 0.00696. The van der Waals surface area contributed by atoms with E-state index in [-0.39, 0.29) is 20.8 Å². The lowest BCUT2D eigenvalue weighted by atomic mass is 9.83. The highest BCUT2D eigenvalue weighted by atomic mass is 32.2. The van der Waals surface area contributed by atoms with E-state index in [1.54, 1.807) is 12.1 Å². The maximum atomic E-state index is 14.1. The Bertz CT molecular complexity index is 1470. The number of aromatic nitrogens is 1. The van der Waals surface area contributed by atoms with Crippen molar-refractivity contribution in [1.82, 2.24) is 4.57 Å². The lowest BCUT2D eigenvalue weighted by Gasteiger charge is -2.20. The van der Waals surface area contributed by atoms with Gasteiger partial charge in [0.05, 0.1) is 5.69 Å². The van der Waals surface area contributed by atoms with Gasteiger partial charge < -0.3 is 9.52 Å². The molecule has 0 saturated heterocycles. The molecule has 0 spiro atoms. The summed E-state index contributed by atoms with van der Waals surface area (Å²) < 4.78 is 21.0. The number of nitrogens with zero attached hydrogens (tertiary/aromatic N) is 1. The van der Waals surface area contributed by atoms with E-state index in [0.717, 1.165) is 23.0 Å². The van der Waals surface area contributed by atoms with Gasteiger partial charge in [0.15, 0.2) is 5.75 Å². The average Bonchev–Trinajstić information content (AvgIpc) is 2.94. The van der Waals surface area contributed by atoms with Gasteiger partial charge >= 0.3 is 5.63 Å². The van der Waals surface area contributed by atoms with E-state index in [4.69, 9.17) is 4.42 Å². The van der Waals surface area contributed by atoms with Crippen LogP contribution in [0.1, 0.15) is 25.1 Å². The van der Waals surface area contributed by atoms with Crippen molar-refractivity contribution in [3.05, 3.63) is 92.4 Å². The fourth-order valence-corrected chi connectivity index (χ4v) is 4.86. The highest BCUT2D eigenvalue weighted by molar-refractivity contribution is 7.99. The highest BCUT2D eigenvalue weighted by Gasteiger charge is 2.38. The van der Waals surface area contributed by atoms with Crippen LogP contribution in [-0.2, 0) is 5.41 Å². The van der Waals surface area contributed by atoms with Crippen LogP contribution in [0.4, 0.5) is 4.39 Å². The molecule has 5 nitrogen and oxygen atoms in total. The molecule has 4 aromatic rings. The van der Waals surface area contributed by atoms with Gasteiger partial charge in [0.25, 0.3) is 5.56 Å². The van der Waals surface area contributed by atoms with Crippen molar-refractivity contribution in [2.24, 2.45) is 0 Å². The second-order valence-electron chi connectivity index (χ2n) is 7.65. The molecule has 0 aliphatic carbocycles. The molecular formula is C23H16FNO4S. The largest absolute Gasteiger partial charge is 0.505 e. The van der Waals surface area contributed by atoms with Crippen molar-refractivity contribution in [3.63, 3.8) is 0 Å². The van der Waals surface area contributed by atoms with Crippen LogP contribution in [0.25, 0.3) is 16.7 Å². The molecule has 30 heavy (non-hydrogen) atoms. The van der Waals surface area contributed by atoms with Gasteiger partial charge in [-0.15, -0.1) is 0 Å². The molecule has 2 aromatic heterocycles. The molecule has 0 bridgehead atoms. The molecular weight excluding hydrogens is 405 g/mol. The van der Waals surface area contributed by atoms with Crippen LogP contribution in [0.3, 0.4) is 0 Å². The predicted octanol–water partition coefficient (Wildman–Crippen LogP) is 4.58. The van der Waals surface area contributed by atoms with E-state index in [2.05, 4.69) is 0 Å². The Balaban J connectivity index is 1.82. The van der Waals surface area contributed by atoms with Crippen LogP contribution in [0, 0.1) is 5.82 Å². The average molecular weight is 421 g/mol. The lowest BCUT2D eigenvalue weighted by Crippen LogP contribution is -2.24. The molecule has 1 N–H and O–H groups in total. The standard InChI is InChI=1S/C23H16FNO4S/c1-23(2)12-7-3-5-9-14(12)25-17(23)11-15-18(21(25)27)19(26)20(22(28)29-15)30-16-10-6-4-8-13(16)24/h3-11,26H,1-2H3. The van der Waals surface area contributed by atoms with E-state index in [1.165, 1.54) is 22.8 Å². The molecule has 1 aliphatic heterocycles. The van der Waals surface area contributed by atoms with E-state index in [0.29, 0.717) is 5.69 Å². The number of hydrogen-bond donors (Lipinski definition) is 1. The predicted molar refractivity (Wildman–Crippen MR) is 112 cm³/mol. The molecule has 1 aliphatic rings. The maximum absolute atomic E-state index is 14.1. The monoisotopic (exact) mass is 421 g/mol. The van der Waals surface area contributed by atoms with Gasteiger partial charge in [-0.1, -0.05) is 55.9 Å². The van der Waals surface area contributed by atoms with Crippen LogP contribution in [0.2, 0.25) is 0 Å². The Hall–Kier alpha value is -3.32. The molecule has 150 valence electrons. The Kier molecular flexibility index (Phi) is 3.95. The third-order valence-electron chi connectivity index (χ3n) is 5.52. The normalized spacial score (nSPS) is 14.0. The topological polar surface area (TPSA) is 72.4 Å². The summed E-state index contributed by atoms with van der Waals surface area (Å²) in [6, 6.07) is 15.0. The molecule has 0 saturated carbocycles. The SMILES string of the molecule is CC1(C)c2ccccc2-n2c1cc1oc(=O)c(Sc3ccccc3F)c(O)c1c2=O. The Morgan fingerprint density at radius 1 is 1.07 bits per heavy atom. The van der Waals surface area contributed by atoms with Crippen molar-refractivity contribution in [2.75, 3.05) is 0 Å². The van der Waals surface area contributed by atoms with E-state index in [9.17, 15) is 19.1 Å². The van der Waals surface area contributed by atoms with Crippen molar-refractivity contribution in [1.29, 1.82) is 0 Å². The van der Waals surface area contributed by atoms with Crippen LogP contribution >= 0.6 is 11.8 Å². The summed E-state index contributed by atoms with van der Waals surface area (Å²) >= 11 is 0.730. The number of pyridine rings is 1. The number of benzene rings is 2. The minimum atomic E-state index is -0.828. The number of aromatic hydroxyl groups is 1. The molecule has 7 heteroatoms. The summed E-state index contributed by atoms with van der Waals surface area (Å²) in [6.07, 6.45) is 0. The maximum Gasteiger partial charge on any atom is 0.354 e. The third kappa shape index (κ3) is 2.48. The summed E-state index contributed by atoms with van der Waals surface area (Å²) in [5, 5.41) is 10.7. The van der Waals surface area contributed by atoms with Gasteiger partial charge in [-0.2, -0.15) is 0 Å². The number of fused-ring (bicyclic) bond motifs is 4. The van der Waals surface area contributed by atoms with E-state index < -0.39 is 28.2 Å². The minimum Gasteiger partial charge on any atom is -0.505 e. The zero-order valence-corrected chi connectivity index (χ0v) is 16.9. The first-order chi connectivity index (χ1) is 14.3. The summed E-state index contributed by atoms with van der Waals surface area (Å²) in [5.41, 5.74) is 0.547. The van der Waals surface area contributed by atoms with E-state index in [1.807, 2.05) is 38.1 Å². The Morgan fingerprint density at radius 2 is 1.77 bits per heavy atom. The smallest absolute Gasteiger partial charge is 0.354 e. The molecule has 0 radical (unpaired) electrons.